The minimum absolute atomic E-state index is 0. The van der Waals surface area contributed by atoms with E-state index >= 15 is 0 Å². The van der Waals surface area contributed by atoms with E-state index in [1.54, 1.807) is 6.20 Å². The zero-order valence-corrected chi connectivity index (χ0v) is 22.8. The van der Waals surface area contributed by atoms with Crippen LogP contribution in [0.15, 0.2) is 102 Å². The van der Waals surface area contributed by atoms with Crippen LogP contribution in [0.1, 0.15) is 30.9 Å². The van der Waals surface area contributed by atoms with Gasteiger partial charge in [0.15, 0.2) is 0 Å². The van der Waals surface area contributed by atoms with E-state index in [1.165, 1.54) is 11.1 Å². The Morgan fingerprint density at radius 1 is 0.750 bits per heavy atom. The van der Waals surface area contributed by atoms with Crippen molar-refractivity contribution in [3.05, 3.63) is 121 Å². The summed E-state index contributed by atoms with van der Waals surface area (Å²) in [6, 6.07) is 34.7. The number of nitrogens with zero attached hydrogens (tertiary/aromatic N) is 2. The van der Waals surface area contributed by atoms with Crippen molar-refractivity contribution in [2.24, 2.45) is 0 Å². The number of rotatable bonds is 3. The zero-order chi connectivity index (χ0) is 24.2. The van der Waals surface area contributed by atoms with Crippen molar-refractivity contribution in [2.75, 3.05) is 0 Å². The second-order valence-corrected chi connectivity index (χ2v) is 8.82. The molecule has 3 nitrogen and oxygen atoms in total. The molecule has 0 aliphatic carbocycles. The minimum Gasteiger partial charge on any atom is -0.501 e. The van der Waals surface area contributed by atoms with Crippen LogP contribution in [0.4, 0.5) is 0 Å². The van der Waals surface area contributed by atoms with E-state index < -0.39 is 0 Å². The molecule has 0 saturated heterocycles. The smallest absolute Gasteiger partial charge is 0.120 e. The number of aromatic nitrogens is 2. The molecule has 6 aromatic rings. The van der Waals surface area contributed by atoms with E-state index in [0.29, 0.717) is 5.92 Å². The van der Waals surface area contributed by atoms with Crippen LogP contribution in [0.5, 0.6) is 0 Å². The predicted octanol–water partition coefficient (Wildman–Crippen LogP) is 8.43. The number of hydrogen-bond acceptors (Lipinski definition) is 3. The first-order valence-corrected chi connectivity index (χ1v) is 11.8. The molecule has 3 heterocycles. The summed E-state index contributed by atoms with van der Waals surface area (Å²) in [5, 5.41) is 2.26. The SMILES string of the molecule is CC(C)c1cc[c-]c(-c2ccccn2)c1.Cc1ccc2oc3c(-c4ccccn4)[c-]ccc3c2c1.[Ir]. The monoisotopic (exact) mass is 647 g/mol. The van der Waals surface area contributed by atoms with Crippen molar-refractivity contribution in [1.29, 1.82) is 0 Å². The van der Waals surface area contributed by atoms with E-state index in [9.17, 15) is 0 Å². The average molecular weight is 647 g/mol. The first kappa shape index (κ1) is 25.5. The summed E-state index contributed by atoms with van der Waals surface area (Å²) < 4.78 is 6.02. The Bertz CT molecular complexity index is 1570. The summed E-state index contributed by atoms with van der Waals surface area (Å²) >= 11 is 0. The molecule has 0 spiro atoms. The van der Waals surface area contributed by atoms with Crippen molar-refractivity contribution in [3.63, 3.8) is 0 Å². The fourth-order valence-corrected chi connectivity index (χ4v) is 4.07. The third-order valence-corrected chi connectivity index (χ3v) is 5.94. The van der Waals surface area contributed by atoms with Gasteiger partial charge >= 0.3 is 0 Å². The maximum Gasteiger partial charge on any atom is 0.120 e. The summed E-state index contributed by atoms with van der Waals surface area (Å²) in [5.41, 5.74) is 8.17. The molecular weight excluding hydrogens is 621 g/mol. The third-order valence-electron chi connectivity index (χ3n) is 5.94. The molecule has 0 atom stereocenters. The van der Waals surface area contributed by atoms with Gasteiger partial charge in [-0.2, -0.15) is 0 Å². The number of furan rings is 1. The van der Waals surface area contributed by atoms with Gasteiger partial charge in [-0.05, 0) is 48.5 Å². The molecule has 0 bridgehead atoms. The second-order valence-electron chi connectivity index (χ2n) is 8.82. The predicted molar refractivity (Wildman–Crippen MR) is 143 cm³/mol. The van der Waals surface area contributed by atoms with Gasteiger partial charge in [0.2, 0.25) is 0 Å². The van der Waals surface area contributed by atoms with Gasteiger partial charge in [-0.3, -0.25) is 0 Å². The molecule has 6 rings (SSSR count). The Morgan fingerprint density at radius 3 is 2.17 bits per heavy atom. The summed E-state index contributed by atoms with van der Waals surface area (Å²) in [6.07, 6.45) is 3.60. The molecule has 0 N–H and O–H groups in total. The first-order valence-electron chi connectivity index (χ1n) is 11.8. The van der Waals surface area contributed by atoms with Crippen LogP contribution < -0.4 is 0 Å². The van der Waals surface area contributed by atoms with Crippen LogP contribution >= 0.6 is 0 Å². The molecule has 0 saturated carbocycles. The van der Waals surface area contributed by atoms with Crippen molar-refractivity contribution in [3.8, 4) is 22.5 Å². The maximum absolute atomic E-state index is 6.02. The topological polar surface area (TPSA) is 38.9 Å². The Hall–Kier alpha value is -3.59. The number of fused-ring (bicyclic) bond motifs is 3. The Kier molecular flexibility index (Phi) is 8.10. The number of hydrogen-bond donors (Lipinski definition) is 0. The number of aryl methyl sites for hydroxylation is 1. The van der Waals surface area contributed by atoms with Gasteiger partial charge in [-0.1, -0.05) is 60.7 Å². The molecule has 1 radical (unpaired) electrons. The van der Waals surface area contributed by atoms with Crippen LogP contribution in [-0.2, 0) is 20.1 Å². The molecular formula is C32H26IrN2O-2. The fraction of sp³-hybridized carbons (Fsp3) is 0.125. The molecule has 3 aromatic heterocycles. The molecule has 4 heteroatoms. The van der Waals surface area contributed by atoms with Crippen molar-refractivity contribution in [2.45, 2.75) is 26.7 Å². The van der Waals surface area contributed by atoms with Gasteiger partial charge in [0.25, 0.3) is 0 Å². The van der Waals surface area contributed by atoms with Crippen LogP contribution in [0.3, 0.4) is 0 Å². The maximum atomic E-state index is 6.02. The van der Waals surface area contributed by atoms with Crippen molar-refractivity contribution in [1.82, 2.24) is 9.97 Å². The summed E-state index contributed by atoms with van der Waals surface area (Å²) in [7, 11) is 0. The van der Waals surface area contributed by atoms with E-state index in [4.69, 9.17) is 4.42 Å². The van der Waals surface area contributed by atoms with Gasteiger partial charge in [0.1, 0.15) is 5.58 Å². The van der Waals surface area contributed by atoms with Gasteiger partial charge < -0.3 is 14.4 Å². The van der Waals surface area contributed by atoms with Gasteiger partial charge in [0.05, 0.1) is 5.58 Å². The number of benzene rings is 3. The summed E-state index contributed by atoms with van der Waals surface area (Å²) in [4.78, 5) is 8.71. The van der Waals surface area contributed by atoms with Gasteiger partial charge in [-0.15, -0.1) is 53.6 Å². The van der Waals surface area contributed by atoms with Crippen molar-refractivity contribution < 1.29 is 24.5 Å². The van der Waals surface area contributed by atoms with E-state index in [0.717, 1.165) is 44.5 Å². The normalized spacial score (nSPS) is 10.7. The second kappa shape index (κ2) is 11.4. The molecule has 0 amide bonds. The average Bonchev–Trinajstić information content (AvgIpc) is 3.28. The molecule has 0 aliphatic heterocycles. The van der Waals surface area contributed by atoms with Crippen LogP contribution in [0.2, 0.25) is 0 Å². The molecule has 0 fully saturated rings. The minimum atomic E-state index is 0. The molecule has 0 unspecified atom stereocenters. The Balaban J connectivity index is 0.000000172. The fourth-order valence-electron chi connectivity index (χ4n) is 4.07. The van der Waals surface area contributed by atoms with Gasteiger partial charge in [0, 0.05) is 37.9 Å². The molecule has 3 aromatic carbocycles. The largest absolute Gasteiger partial charge is 0.501 e. The summed E-state index contributed by atoms with van der Waals surface area (Å²) in [5.74, 6) is 0.544. The van der Waals surface area contributed by atoms with E-state index in [2.05, 4.69) is 67.1 Å². The van der Waals surface area contributed by atoms with E-state index in [-0.39, 0.29) is 20.1 Å². The molecule has 181 valence electrons. The van der Waals surface area contributed by atoms with E-state index in [1.807, 2.05) is 66.9 Å². The van der Waals surface area contributed by atoms with Gasteiger partial charge in [-0.25, -0.2) is 0 Å². The van der Waals surface area contributed by atoms with Crippen molar-refractivity contribution >= 4 is 21.9 Å². The van der Waals surface area contributed by atoms with Crippen LogP contribution in [0.25, 0.3) is 44.5 Å². The molecule has 36 heavy (non-hydrogen) atoms. The summed E-state index contributed by atoms with van der Waals surface area (Å²) in [6.45, 7) is 6.47. The molecule has 0 aliphatic rings. The van der Waals surface area contributed by atoms with Crippen LogP contribution in [-0.4, -0.2) is 9.97 Å². The third kappa shape index (κ3) is 5.46. The van der Waals surface area contributed by atoms with Crippen LogP contribution in [0, 0.1) is 19.1 Å². The first-order chi connectivity index (χ1) is 17.1. The zero-order valence-electron chi connectivity index (χ0n) is 20.5. The Morgan fingerprint density at radius 2 is 1.47 bits per heavy atom. The Labute approximate surface area is 225 Å². The quantitative estimate of drug-likeness (QED) is 0.181. The standard InChI is InChI=1S/C18H12NO.C14H14N.Ir/c1-12-8-9-17-15(11-12)13-5-4-6-14(18(13)20-17)16-7-2-3-10-19-16;1-11(2)12-6-5-7-13(10-12)14-8-3-4-9-15-14;/h2-5,7-11H,1H3;3-6,8-11H,1-2H3;/q2*-1;. The number of pyridine rings is 2.